The van der Waals surface area contributed by atoms with E-state index in [1.165, 1.54) is 17.8 Å². The standard InChI is InChI=1S/C24H20FNO3S/c1-15-9-10-17(12-16(15)2)21-22(30-14-19-7-5-11-29-19)24(28)26(23(21)27)13-18-6-3-4-8-20(18)25/h3-12H,13-14H2,1-2H3. The third kappa shape index (κ3) is 3.83. The SMILES string of the molecule is Cc1ccc(C2=C(SCc3ccco3)C(=O)N(Cc3ccccc3F)C2=O)cc1C. The Morgan fingerprint density at radius 1 is 0.967 bits per heavy atom. The van der Waals surface area contributed by atoms with Gasteiger partial charge >= 0.3 is 0 Å². The summed E-state index contributed by atoms with van der Waals surface area (Å²) in [6.45, 7) is 3.85. The molecule has 0 saturated heterocycles. The molecule has 0 fully saturated rings. The van der Waals surface area contributed by atoms with Crippen LogP contribution < -0.4 is 0 Å². The summed E-state index contributed by atoms with van der Waals surface area (Å²) in [5, 5.41) is 0. The van der Waals surface area contributed by atoms with Crippen molar-refractivity contribution in [2.24, 2.45) is 0 Å². The van der Waals surface area contributed by atoms with Gasteiger partial charge in [0.2, 0.25) is 0 Å². The highest BCUT2D eigenvalue weighted by Gasteiger charge is 2.39. The van der Waals surface area contributed by atoms with Crippen molar-refractivity contribution in [3.63, 3.8) is 0 Å². The van der Waals surface area contributed by atoms with E-state index in [0.29, 0.717) is 33.1 Å². The van der Waals surface area contributed by atoms with Crippen LogP contribution in [0.1, 0.15) is 28.0 Å². The smallest absolute Gasteiger partial charge is 0.268 e. The van der Waals surface area contributed by atoms with Crippen LogP contribution in [0.25, 0.3) is 5.57 Å². The molecule has 1 aliphatic rings. The molecule has 0 aliphatic carbocycles. The Hall–Kier alpha value is -3.12. The molecular weight excluding hydrogens is 401 g/mol. The highest BCUT2D eigenvalue weighted by molar-refractivity contribution is 8.03. The molecule has 4 rings (SSSR count). The summed E-state index contributed by atoms with van der Waals surface area (Å²) < 4.78 is 19.5. The lowest BCUT2D eigenvalue weighted by molar-refractivity contribution is -0.137. The Bertz CT molecular complexity index is 1150. The molecule has 30 heavy (non-hydrogen) atoms. The van der Waals surface area contributed by atoms with Gasteiger partial charge in [0, 0.05) is 5.56 Å². The number of hydrogen-bond donors (Lipinski definition) is 0. The second-order valence-corrected chi connectivity index (χ2v) is 8.14. The van der Waals surface area contributed by atoms with E-state index >= 15 is 0 Å². The lowest BCUT2D eigenvalue weighted by Crippen LogP contribution is -2.31. The zero-order chi connectivity index (χ0) is 21.3. The largest absolute Gasteiger partial charge is 0.468 e. The molecule has 4 nitrogen and oxygen atoms in total. The van der Waals surface area contributed by atoms with Crippen molar-refractivity contribution in [2.45, 2.75) is 26.1 Å². The summed E-state index contributed by atoms with van der Waals surface area (Å²) in [5.74, 6) is -0.132. The summed E-state index contributed by atoms with van der Waals surface area (Å²) in [6.07, 6.45) is 1.57. The quantitative estimate of drug-likeness (QED) is 0.510. The maximum Gasteiger partial charge on any atom is 0.268 e. The fraction of sp³-hybridized carbons (Fsp3) is 0.167. The van der Waals surface area contributed by atoms with Gasteiger partial charge in [0.1, 0.15) is 11.6 Å². The molecule has 2 heterocycles. The molecule has 0 spiro atoms. The summed E-state index contributed by atoms with van der Waals surface area (Å²) in [5.41, 5.74) is 3.48. The zero-order valence-electron chi connectivity index (χ0n) is 16.6. The number of furan rings is 1. The van der Waals surface area contributed by atoms with Gasteiger partial charge in [-0.25, -0.2) is 4.39 Å². The van der Waals surface area contributed by atoms with Gasteiger partial charge in [-0.3, -0.25) is 14.5 Å². The summed E-state index contributed by atoms with van der Waals surface area (Å²) in [6, 6.07) is 15.5. The molecular formula is C24H20FNO3S. The summed E-state index contributed by atoms with van der Waals surface area (Å²) >= 11 is 1.27. The molecule has 0 atom stereocenters. The normalized spacial score (nSPS) is 14.2. The topological polar surface area (TPSA) is 50.5 Å². The monoisotopic (exact) mass is 421 g/mol. The van der Waals surface area contributed by atoms with Crippen LogP contribution in [0.15, 0.2) is 70.2 Å². The third-order valence-corrected chi connectivity index (χ3v) is 6.24. The molecule has 1 aromatic heterocycles. The van der Waals surface area contributed by atoms with Crippen LogP contribution in [0.4, 0.5) is 4.39 Å². The number of imide groups is 1. The Kier molecular flexibility index (Phi) is 5.59. The van der Waals surface area contributed by atoms with Crippen molar-refractivity contribution in [1.29, 1.82) is 0 Å². The van der Waals surface area contributed by atoms with E-state index in [4.69, 9.17) is 4.42 Å². The first kappa shape index (κ1) is 20.2. The van der Waals surface area contributed by atoms with Crippen molar-refractivity contribution in [2.75, 3.05) is 0 Å². The van der Waals surface area contributed by atoms with Gasteiger partial charge in [0.25, 0.3) is 11.8 Å². The first-order valence-electron chi connectivity index (χ1n) is 9.52. The van der Waals surface area contributed by atoms with E-state index in [1.54, 1.807) is 30.5 Å². The predicted octanol–water partition coefficient (Wildman–Crippen LogP) is 5.25. The molecule has 0 radical (unpaired) electrons. The van der Waals surface area contributed by atoms with E-state index in [9.17, 15) is 14.0 Å². The van der Waals surface area contributed by atoms with Crippen molar-refractivity contribution in [3.8, 4) is 0 Å². The lowest BCUT2D eigenvalue weighted by Gasteiger charge is -2.15. The minimum atomic E-state index is -0.442. The van der Waals surface area contributed by atoms with Crippen molar-refractivity contribution in [1.82, 2.24) is 4.90 Å². The Morgan fingerprint density at radius 2 is 1.77 bits per heavy atom. The van der Waals surface area contributed by atoms with Gasteiger partial charge < -0.3 is 4.42 Å². The van der Waals surface area contributed by atoms with Crippen molar-refractivity contribution in [3.05, 3.63) is 99.6 Å². The van der Waals surface area contributed by atoms with E-state index in [1.807, 2.05) is 38.1 Å². The number of carbonyl (C=O) groups is 2. The molecule has 2 aromatic carbocycles. The highest BCUT2D eigenvalue weighted by Crippen LogP contribution is 2.38. The molecule has 152 valence electrons. The fourth-order valence-electron chi connectivity index (χ4n) is 3.32. The van der Waals surface area contributed by atoms with E-state index < -0.39 is 17.6 Å². The maximum atomic E-state index is 14.2. The molecule has 3 aromatic rings. The van der Waals surface area contributed by atoms with Crippen LogP contribution in [0, 0.1) is 19.7 Å². The van der Waals surface area contributed by atoms with Gasteiger partial charge in [0.05, 0.1) is 29.0 Å². The van der Waals surface area contributed by atoms with E-state index in [0.717, 1.165) is 16.0 Å². The minimum absolute atomic E-state index is 0.108. The predicted molar refractivity (Wildman–Crippen MR) is 115 cm³/mol. The molecule has 6 heteroatoms. The van der Waals surface area contributed by atoms with E-state index in [2.05, 4.69) is 0 Å². The van der Waals surface area contributed by atoms with E-state index in [-0.39, 0.29) is 6.54 Å². The van der Waals surface area contributed by atoms with Crippen molar-refractivity contribution >= 4 is 29.1 Å². The van der Waals surface area contributed by atoms with Crippen LogP contribution >= 0.6 is 11.8 Å². The summed E-state index contributed by atoms with van der Waals surface area (Å²) in [4.78, 5) is 28.0. The highest BCUT2D eigenvalue weighted by atomic mass is 32.2. The number of benzene rings is 2. The zero-order valence-corrected chi connectivity index (χ0v) is 17.5. The Labute approximate surface area is 178 Å². The van der Waals surface area contributed by atoms with Crippen LogP contribution in [-0.2, 0) is 21.9 Å². The maximum absolute atomic E-state index is 14.2. The Balaban J connectivity index is 1.71. The number of nitrogens with zero attached hydrogens (tertiary/aromatic N) is 1. The van der Waals surface area contributed by atoms with Gasteiger partial charge in [-0.05, 0) is 48.7 Å². The number of halogens is 1. The summed E-state index contributed by atoms with van der Waals surface area (Å²) in [7, 11) is 0. The second kappa shape index (κ2) is 8.32. The molecule has 2 amide bonds. The molecule has 1 aliphatic heterocycles. The van der Waals surface area contributed by atoms with Gasteiger partial charge in [-0.2, -0.15) is 0 Å². The number of aryl methyl sites for hydroxylation is 2. The van der Waals surface area contributed by atoms with Crippen LogP contribution in [0.5, 0.6) is 0 Å². The number of rotatable bonds is 6. The average molecular weight is 421 g/mol. The molecule has 0 N–H and O–H groups in total. The van der Waals surface area contributed by atoms with Crippen LogP contribution in [-0.4, -0.2) is 16.7 Å². The van der Waals surface area contributed by atoms with Crippen LogP contribution in [0.2, 0.25) is 0 Å². The fourth-order valence-corrected chi connectivity index (χ4v) is 4.35. The Morgan fingerprint density at radius 3 is 2.47 bits per heavy atom. The van der Waals surface area contributed by atoms with Crippen LogP contribution in [0.3, 0.4) is 0 Å². The first-order valence-corrected chi connectivity index (χ1v) is 10.5. The average Bonchev–Trinajstić information content (AvgIpc) is 3.32. The number of hydrogen-bond acceptors (Lipinski definition) is 4. The van der Waals surface area contributed by atoms with Gasteiger partial charge in [-0.15, -0.1) is 11.8 Å². The van der Waals surface area contributed by atoms with Gasteiger partial charge in [0.15, 0.2) is 0 Å². The number of amides is 2. The molecule has 0 bridgehead atoms. The van der Waals surface area contributed by atoms with Crippen molar-refractivity contribution < 1.29 is 18.4 Å². The third-order valence-electron chi connectivity index (χ3n) is 5.15. The second-order valence-electron chi connectivity index (χ2n) is 7.16. The van der Waals surface area contributed by atoms with Gasteiger partial charge in [-0.1, -0.05) is 36.4 Å². The molecule has 0 saturated carbocycles. The number of carbonyl (C=O) groups excluding carboxylic acids is 2. The first-order chi connectivity index (χ1) is 14.5. The lowest BCUT2D eigenvalue weighted by atomic mass is 10.0. The molecule has 0 unspecified atom stereocenters. The minimum Gasteiger partial charge on any atom is -0.468 e. The number of thioether (sulfide) groups is 1.